The van der Waals surface area contributed by atoms with Gasteiger partial charge in [-0.2, -0.15) is 0 Å². The van der Waals surface area contributed by atoms with Crippen molar-refractivity contribution in [1.82, 2.24) is 0 Å². The van der Waals surface area contributed by atoms with Crippen molar-refractivity contribution in [3.63, 3.8) is 0 Å². The van der Waals surface area contributed by atoms with Crippen molar-refractivity contribution >= 4 is 5.76 Å². The fourth-order valence-corrected chi connectivity index (χ4v) is 1.61. The van der Waals surface area contributed by atoms with Crippen LogP contribution in [0.2, 0.25) is 0 Å². The molecule has 1 aliphatic rings. The summed E-state index contributed by atoms with van der Waals surface area (Å²) in [5.41, 5.74) is 0.00360. The fraction of sp³-hybridized carbons (Fsp3) is 0.273. The summed E-state index contributed by atoms with van der Waals surface area (Å²) in [7, 11) is 0. The molecule has 1 heterocycles. The van der Waals surface area contributed by atoms with Crippen LogP contribution >= 0.6 is 0 Å². The van der Waals surface area contributed by atoms with Crippen LogP contribution in [0.4, 0.5) is 4.39 Å². The van der Waals surface area contributed by atoms with Gasteiger partial charge in [-0.25, -0.2) is 4.39 Å². The monoisotopic (exact) mass is 242 g/mol. The summed E-state index contributed by atoms with van der Waals surface area (Å²) >= 11 is 0. The zero-order chi connectivity index (χ0) is 12.6. The summed E-state index contributed by atoms with van der Waals surface area (Å²) in [6.07, 6.45) is -2.65. The highest BCUT2D eigenvalue weighted by molar-refractivity contribution is 5.68. The van der Waals surface area contributed by atoms with E-state index >= 15 is 0 Å². The Kier molecular flexibility index (Phi) is 2.91. The molecule has 1 aromatic carbocycles. The maximum atomic E-state index is 13.0. The highest BCUT2D eigenvalue weighted by Crippen LogP contribution is 2.34. The third-order valence-electron chi connectivity index (χ3n) is 2.50. The topological polar surface area (TPSA) is 90.2 Å². The third kappa shape index (κ3) is 1.92. The van der Waals surface area contributed by atoms with Crippen LogP contribution in [0, 0.1) is 5.82 Å². The Morgan fingerprint density at radius 2 is 2.06 bits per heavy atom. The zero-order valence-electron chi connectivity index (χ0n) is 8.67. The van der Waals surface area contributed by atoms with Crippen LogP contribution in [0.5, 0.6) is 5.75 Å². The van der Waals surface area contributed by atoms with E-state index in [1.807, 2.05) is 0 Å². The van der Waals surface area contributed by atoms with Crippen LogP contribution in [0.1, 0.15) is 5.56 Å². The van der Waals surface area contributed by atoms with E-state index in [0.717, 1.165) is 12.1 Å². The lowest BCUT2D eigenvalue weighted by Crippen LogP contribution is -2.38. The molecule has 1 aliphatic heterocycles. The molecule has 4 N–H and O–H groups in total. The van der Waals surface area contributed by atoms with E-state index in [2.05, 4.69) is 0 Å². The number of fused-ring (bicyclic) bond motifs is 1. The molecule has 0 aromatic heterocycles. The summed E-state index contributed by atoms with van der Waals surface area (Å²) in [4.78, 5) is 0. The van der Waals surface area contributed by atoms with Gasteiger partial charge >= 0.3 is 0 Å². The van der Waals surface area contributed by atoms with Crippen molar-refractivity contribution in [2.75, 3.05) is 6.61 Å². The first-order chi connectivity index (χ1) is 8.04. The summed E-state index contributed by atoms with van der Waals surface area (Å²) in [5, 5.41) is 37.4. The number of ether oxygens (including phenoxy) is 1. The van der Waals surface area contributed by atoms with Gasteiger partial charge < -0.3 is 25.2 Å². The number of benzene rings is 1. The molecule has 0 radical (unpaired) electrons. The van der Waals surface area contributed by atoms with Crippen LogP contribution < -0.4 is 4.74 Å². The number of aliphatic hydroxyl groups is 4. The average molecular weight is 242 g/mol. The predicted molar refractivity (Wildman–Crippen MR) is 56.1 cm³/mol. The Bertz CT molecular complexity index is 471. The molecule has 5 nitrogen and oxygen atoms in total. The number of aliphatic hydroxyl groups excluding tert-OH is 4. The Morgan fingerprint density at radius 1 is 1.35 bits per heavy atom. The Hall–Kier alpha value is -1.79. The van der Waals surface area contributed by atoms with Crippen LogP contribution in [-0.2, 0) is 0 Å². The van der Waals surface area contributed by atoms with Crippen LogP contribution in [0.3, 0.4) is 0 Å². The van der Waals surface area contributed by atoms with Gasteiger partial charge in [-0.3, -0.25) is 0 Å². The minimum Gasteiger partial charge on any atom is -0.505 e. The lowest BCUT2D eigenvalue weighted by Gasteiger charge is -2.28. The van der Waals surface area contributed by atoms with Crippen LogP contribution in [0.15, 0.2) is 24.0 Å². The van der Waals surface area contributed by atoms with Crippen molar-refractivity contribution in [2.45, 2.75) is 12.2 Å². The van der Waals surface area contributed by atoms with Gasteiger partial charge in [-0.1, -0.05) is 0 Å². The van der Waals surface area contributed by atoms with E-state index in [0.29, 0.717) is 0 Å². The molecule has 0 unspecified atom stereocenters. The molecule has 0 bridgehead atoms. The Morgan fingerprint density at radius 3 is 2.71 bits per heavy atom. The van der Waals surface area contributed by atoms with Crippen molar-refractivity contribution in [3.8, 4) is 5.75 Å². The van der Waals surface area contributed by atoms with Gasteiger partial charge in [0.05, 0.1) is 12.2 Å². The SMILES string of the molecule is OC[C@@H](O)[C@@H]1Oc2ccc(F)cc2C(O)=C1O. The molecule has 2 rings (SSSR count). The van der Waals surface area contributed by atoms with E-state index < -0.39 is 36.2 Å². The molecule has 0 fully saturated rings. The number of halogens is 1. The van der Waals surface area contributed by atoms with Gasteiger partial charge in [0.2, 0.25) is 0 Å². The third-order valence-corrected chi connectivity index (χ3v) is 2.50. The van der Waals surface area contributed by atoms with Gasteiger partial charge in [-0.05, 0) is 18.2 Å². The smallest absolute Gasteiger partial charge is 0.187 e. The standard InChI is InChI=1S/C11H11FO5/c12-5-1-2-8-6(3-5)9(15)10(16)11(17-8)7(14)4-13/h1-3,7,11,13-16H,4H2/t7-,11+/m1/s1. The van der Waals surface area contributed by atoms with Crippen LogP contribution in [-0.4, -0.2) is 39.2 Å². The number of hydrogen-bond acceptors (Lipinski definition) is 5. The molecule has 6 heteroatoms. The highest BCUT2D eigenvalue weighted by Gasteiger charge is 2.33. The van der Waals surface area contributed by atoms with Gasteiger partial charge in [0.1, 0.15) is 17.7 Å². The van der Waals surface area contributed by atoms with E-state index in [-0.39, 0.29) is 11.3 Å². The lowest BCUT2D eigenvalue weighted by atomic mass is 10.0. The molecule has 0 aliphatic carbocycles. The predicted octanol–water partition coefficient (Wildman–Crippen LogP) is 0.725. The summed E-state index contributed by atoms with van der Waals surface area (Å²) in [5.74, 6) is -1.67. The first-order valence-corrected chi connectivity index (χ1v) is 4.92. The maximum absolute atomic E-state index is 13.0. The molecule has 0 amide bonds. The van der Waals surface area contributed by atoms with Gasteiger partial charge in [0.15, 0.2) is 17.6 Å². The van der Waals surface area contributed by atoms with E-state index in [1.165, 1.54) is 6.07 Å². The summed E-state index contributed by atoms with van der Waals surface area (Å²) < 4.78 is 18.1. The van der Waals surface area contributed by atoms with Gasteiger partial charge in [-0.15, -0.1) is 0 Å². The van der Waals surface area contributed by atoms with E-state index in [1.54, 1.807) is 0 Å². The first kappa shape index (κ1) is 11.7. The molecule has 0 spiro atoms. The molecule has 1 aromatic rings. The van der Waals surface area contributed by atoms with Gasteiger partial charge in [0.25, 0.3) is 0 Å². The van der Waals surface area contributed by atoms with Crippen molar-refractivity contribution in [1.29, 1.82) is 0 Å². The second-order valence-electron chi connectivity index (χ2n) is 3.66. The molecule has 92 valence electrons. The molecule has 17 heavy (non-hydrogen) atoms. The number of rotatable bonds is 2. The van der Waals surface area contributed by atoms with Crippen molar-refractivity contribution < 1.29 is 29.6 Å². The minimum atomic E-state index is -1.38. The van der Waals surface area contributed by atoms with E-state index in [4.69, 9.17) is 9.84 Å². The second kappa shape index (κ2) is 4.23. The largest absolute Gasteiger partial charge is 0.505 e. The van der Waals surface area contributed by atoms with Gasteiger partial charge in [0, 0.05) is 0 Å². The first-order valence-electron chi connectivity index (χ1n) is 4.92. The molecular formula is C11H11FO5. The number of hydrogen-bond donors (Lipinski definition) is 4. The highest BCUT2D eigenvalue weighted by atomic mass is 19.1. The summed E-state index contributed by atoms with van der Waals surface area (Å²) in [6, 6.07) is 3.39. The van der Waals surface area contributed by atoms with Crippen LogP contribution in [0.25, 0.3) is 5.76 Å². The minimum absolute atomic E-state index is 0.00360. The Labute approximate surface area is 96.0 Å². The average Bonchev–Trinajstić information content (AvgIpc) is 2.33. The quantitative estimate of drug-likeness (QED) is 0.613. The molecular weight excluding hydrogens is 231 g/mol. The molecule has 0 saturated carbocycles. The lowest BCUT2D eigenvalue weighted by molar-refractivity contribution is -0.00434. The molecule has 0 saturated heterocycles. The van der Waals surface area contributed by atoms with Crippen molar-refractivity contribution in [2.24, 2.45) is 0 Å². The second-order valence-corrected chi connectivity index (χ2v) is 3.66. The zero-order valence-corrected chi connectivity index (χ0v) is 8.67. The Balaban J connectivity index is 2.46. The fourth-order valence-electron chi connectivity index (χ4n) is 1.61. The van der Waals surface area contributed by atoms with Crippen molar-refractivity contribution in [3.05, 3.63) is 35.3 Å². The molecule has 2 atom stereocenters. The summed E-state index contributed by atoms with van der Waals surface area (Å²) in [6.45, 7) is -0.640. The van der Waals surface area contributed by atoms with E-state index in [9.17, 15) is 19.7 Å². The maximum Gasteiger partial charge on any atom is 0.187 e. The normalized spacial score (nSPS) is 20.8.